The van der Waals surface area contributed by atoms with Gasteiger partial charge < -0.3 is 24.6 Å². The maximum atomic E-state index is 12.6. The fraction of sp³-hybridized carbons (Fsp3) is 0.913. The summed E-state index contributed by atoms with van der Waals surface area (Å²) in [6.45, 7) is 2.40. The maximum Gasteiger partial charge on any atom is 0.472 e. The van der Waals surface area contributed by atoms with E-state index < -0.39 is 51.8 Å². The van der Waals surface area contributed by atoms with E-state index in [1.807, 2.05) is 0 Å². The van der Waals surface area contributed by atoms with Crippen LogP contribution in [0.15, 0.2) is 12.2 Å². The lowest BCUT2D eigenvalue weighted by atomic mass is 10.0. The van der Waals surface area contributed by atoms with Crippen LogP contribution in [-0.4, -0.2) is 65.7 Å². The molecule has 0 aliphatic carbocycles. The van der Waals surface area contributed by atoms with Crippen molar-refractivity contribution in [2.75, 3.05) is 26.4 Å². The zero-order valence-corrected chi connectivity index (χ0v) is 37.7. The molecule has 0 aromatic rings. The highest BCUT2D eigenvalue weighted by atomic mass is 31.2. The SMILES string of the molecule is CCCCCCC/C=C\CCCCCCCC(=O)OC(COC(=O)CCCCCCCCCCCCCCCCCCCCCC)COP(=O)(O)OCC(O)CO. The first-order chi connectivity index (χ1) is 27.7. The molecule has 0 rings (SSSR count). The summed E-state index contributed by atoms with van der Waals surface area (Å²) in [4.78, 5) is 35.0. The highest BCUT2D eigenvalue weighted by molar-refractivity contribution is 7.47. The Morgan fingerprint density at radius 2 is 0.860 bits per heavy atom. The quantitative estimate of drug-likeness (QED) is 0.0234. The van der Waals surface area contributed by atoms with Gasteiger partial charge in [0, 0.05) is 12.8 Å². The van der Waals surface area contributed by atoms with Crippen LogP contribution in [0, 0.1) is 0 Å². The van der Waals surface area contributed by atoms with Crippen molar-refractivity contribution in [1.82, 2.24) is 0 Å². The number of carbonyl (C=O) groups excluding carboxylic acids is 2. The Morgan fingerprint density at radius 1 is 0.509 bits per heavy atom. The predicted molar refractivity (Wildman–Crippen MR) is 233 cm³/mol. The van der Waals surface area contributed by atoms with Gasteiger partial charge in [-0.15, -0.1) is 0 Å². The minimum atomic E-state index is -4.62. The molecule has 11 heteroatoms. The summed E-state index contributed by atoms with van der Waals surface area (Å²) in [5, 5.41) is 18.3. The molecule has 0 aliphatic rings. The molecule has 0 amide bonds. The highest BCUT2D eigenvalue weighted by Gasteiger charge is 2.27. The largest absolute Gasteiger partial charge is 0.472 e. The van der Waals surface area contributed by atoms with Gasteiger partial charge in [-0.05, 0) is 38.5 Å². The molecular weight excluding hydrogens is 743 g/mol. The Labute approximate surface area is 349 Å². The number of unbranched alkanes of at least 4 members (excludes halogenated alkanes) is 29. The van der Waals surface area contributed by atoms with Gasteiger partial charge in [0.25, 0.3) is 0 Å². The third-order valence-electron chi connectivity index (χ3n) is 10.4. The lowest BCUT2D eigenvalue weighted by Gasteiger charge is -2.20. The molecule has 0 bridgehead atoms. The first-order valence-electron chi connectivity index (χ1n) is 23.6. The van der Waals surface area contributed by atoms with E-state index in [0.29, 0.717) is 12.8 Å². The minimum Gasteiger partial charge on any atom is -0.462 e. The Bertz CT molecular complexity index is 961. The fourth-order valence-corrected chi connectivity index (χ4v) is 7.54. The van der Waals surface area contributed by atoms with E-state index in [4.69, 9.17) is 23.6 Å². The van der Waals surface area contributed by atoms with Crippen LogP contribution < -0.4 is 0 Å². The number of phosphoric ester groups is 1. The molecule has 0 fully saturated rings. The zero-order valence-electron chi connectivity index (χ0n) is 36.8. The molecule has 0 saturated carbocycles. The van der Waals surface area contributed by atoms with Crippen LogP contribution in [0.1, 0.15) is 232 Å². The van der Waals surface area contributed by atoms with E-state index in [2.05, 4.69) is 26.0 Å². The Balaban J connectivity index is 4.17. The molecule has 3 N–H and O–H groups in total. The third kappa shape index (κ3) is 42.6. The number of aliphatic hydroxyl groups is 2. The molecule has 0 heterocycles. The summed E-state index contributed by atoms with van der Waals surface area (Å²) in [7, 11) is -4.62. The molecule has 0 aromatic heterocycles. The van der Waals surface area contributed by atoms with Crippen molar-refractivity contribution in [3.8, 4) is 0 Å². The number of aliphatic hydroxyl groups excluding tert-OH is 2. The van der Waals surface area contributed by atoms with Crippen LogP contribution in [0.25, 0.3) is 0 Å². The summed E-state index contributed by atoms with van der Waals surface area (Å²) in [5.74, 6) is -0.922. The first kappa shape index (κ1) is 55.7. The number of ether oxygens (including phenoxy) is 2. The first-order valence-corrected chi connectivity index (χ1v) is 25.1. The third-order valence-corrected chi connectivity index (χ3v) is 11.4. The van der Waals surface area contributed by atoms with Crippen LogP contribution in [0.5, 0.6) is 0 Å². The molecule has 3 atom stereocenters. The molecule has 10 nitrogen and oxygen atoms in total. The van der Waals surface area contributed by atoms with E-state index in [1.54, 1.807) is 0 Å². The number of hydrogen-bond donors (Lipinski definition) is 3. The van der Waals surface area contributed by atoms with Gasteiger partial charge in [-0.1, -0.05) is 193 Å². The van der Waals surface area contributed by atoms with Crippen molar-refractivity contribution < 1.29 is 47.8 Å². The molecular formula is C46H89O10P. The second kappa shape index (κ2) is 42.8. The van der Waals surface area contributed by atoms with Gasteiger partial charge in [-0.2, -0.15) is 0 Å². The van der Waals surface area contributed by atoms with Gasteiger partial charge in [-0.25, -0.2) is 4.57 Å². The average Bonchev–Trinajstić information content (AvgIpc) is 3.20. The summed E-state index contributed by atoms with van der Waals surface area (Å²) >= 11 is 0. The molecule has 0 aliphatic heterocycles. The van der Waals surface area contributed by atoms with Crippen LogP contribution in [0.3, 0.4) is 0 Å². The Kier molecular flexibility index (Phi) is 41.9. The normalized spacial score (nSPS) is 13.8. The highest BCUT2D eigenvalue weighted by Crippen LogP contribution is 2.43. The van der Waals surface area contributed by atoms with E-state index in [9.17, 15) is 24.2 Å². The predicted octanol–water partition coefficient (Wildman–Crippen LogP) is 12.8. The fourth-order valence-electron chi connectivity index (χ4n) is 6.75. The van der Waals surface area contributed by atoms with Gasteiger partial charge >= 0.3 is 19.8 Å². The number of esters is 2. The second-order valence-corrected chi connectivity index (χ2v) is 17.6. The van der Waals surface area contributed by atoms with E-state index in [1.165, 1.54) is 135 Å². The van der Waals surface area contributed by atoms with Crippen molar-refractivity contribution in [2.45, 2.75) is 244 Å². The molecule has 0 radical (unpaired) electrons. The molecule has 0 saturated heterocycles. The lowest BCUT2D eigenvalue weighted by Crippen LogP contribution is -2.29. The molecule has 338 valence electrons. The number of rotatable bonds is 45. The standard InChI is InChI=1S/C46H89O10P/c1-3-5-7-9-11-13-15-17-19-20-21-22-23-24-26-27-29-31-33-35-37-45(49)53-41-44(42-55-57(51,52)54-40-43(48)39-47)56-46(50)38-36-34-32-30-28-25-18-16-14-12-10-8-6-4-2/h16,18,43-44,47-48H,3-15,17,19-42H2,1-2H3,(H,51,52)/b18-16-. The average molecular weight is 833 g/mol. The molecule has 0 spiro atoms. The molecule has 57 heavy (non-hydrogen) atoms. The van der Waals surface area contributed by atoms with Crippen LogP contribution >= 0.6 is 7.82 Å². The van der Waals surface area contributed by atoms with Crippen molar-refractivity contribution >= 4 is 19.8 Å². The van der Waals surface area contributed by atoms with Crippen LogP contribution in [-0.2, 0) is 32.7 Å². The number of phosphoric acid groups is 1. The van der Waals surface area contributed by atoms with E-state index in [0.717, 1.165) is 57.8 Å². The number of carbonyl (C=O) groups is 2. The van der Waals surface area contributed by atoms with Gasteiger partial charge in [0.05, 0.1) is 19.8 Å². The van der Waals surface area contributed by atoms with Crippen molar-refractivity contribution in [2.24, 2.45) is 0 Å². The number of hydrogen-bond acceptors (Lipinski definition) is 9. The van der Waals surface area contributed by atoms with Gasteiger partial charge in [0.15, 0.2) is 6.10 Å². The van der Waals surface area contributed by atoms with E-state index >= 15 is 0 Å². The van der Waals surface area contributed by atoms with Crippen LogP contribution in [0.2, 0.25) is 0 Å². The van der Waals surface area contributed by atoms with Gasteiger partial charge in [0.2, 0.25) is 0 Å². The second-order valence-electron chi connectivity index (χ2n) is 16.1. The van der Waals surface area contributed by atoms with Gasteiger partial charge in [-0.3, -0.25) is 18.6 Å². The summed E-state index contributed by atoms with van der Waals surface area (Å²) in [6.07, 6.45) is 41.8. The lowest BCUT2D eigenvalue weighted by molar-refractivity contribution is -0.161. The van der Waals surface area contributed by atoms with Crippen LogP contribution in [0.4, 0.5) is 0 Å². The van der Waals surface area contributed by atoms with E-state index in [-0.39, 0.29) is 19.4 Å². The Morgan fingerprint density at radius 3 is 1.26 bits per heavy atom. The topological polar surface area (TPSA) is 149 Å². The summed E-state index contributed by atoms with van der Waals surface area (Å²) in [6, 6.07) is 0. The van der Waals surface area contributed by atoms with Gasteiger partial charge in [0.1, 0.15) is 12.7 Å². The molecule has 3 unspecified atom stereocenters. The molecule has 0 aromatic carbocycles. The maximum absolute atomic E-state index is 12.6. The number of allylic oxidation sites excluding steroid dienone is 2. The summed E-state index contributed by atoms with van der Waals surface area (Å²) < 4.78 is 32.8. The van der Waals surface area contributed by atoms with Crippen molar-refractivity contribution in [1.29, 1.82) is 0 Å². The smallest absolute Gasteiger partial charge is 0.462 e. The zero-order chi connectivity index (χ0) is 41.9. The minimum absolute atomic E-state index is 0.178. The monoisotopic (exact) mass is 833 g/mol. The van der Waals surface area contributed by atoms with Crippen molar-refractivity contribution in [3.63, 3.8) is 0 Å². The van der Waals surface area contributed by atoms with Crippen molar-refractivity contribution in [3.05, 3.63) is 12.2 Å². The Hall–Kier alpha value is -1.29. The summed E-state index contributed by atoms with van der Waals surface area (Å²) in [5.41, 5.74) is 0.